The maximum atomic E-state index is 13.2. The zero-order valence-electron chi connectivity index (χ0n) is 11.7. The third-order valence-corrected chi connectivity index (χ3v) is 3.62. The molecule has 1 atom stereocenters. The summed E-state index contributed by atoms with van der Waals surface area (Å²) >= 11 is 5.84. The Morgan fingerprint density at radius 2 is 2.15 bits per heavy atom. The zero-order chi connectivity index (χ0) is 14.5. The maximum Gasteiger partial charge on any atom is 0.141 e. The first-order chi connectivity index (χ1) is 9.61. The molecule has 0 aliphatic heterocycles. The van der Waals surface area contributed by atoms with Crippen LogP contribution in [0.1, 0.15) is 29.7 Å². The van der Waals surface area contributed by atoms with E-state index < -0.39 is 0 Å². The first kappa shape index (κ1) is 14.9. The largest absolute Gasteiger partial charge is 0.310 e. The summed E-state index contributed by atoms with van der Waals surface area (Å²) in [6, 6.07) is 7.02. The molecule has 1 N–H and O–H groups in total. The van der Waals surface area contributed by atoms with E-state index in [0.29, 0.717) is 0 Å². The van der Waals surface area contributed by atoms with Crippen LogP contribution in [0.3, 0.4) is 0 Å². The number of nitrogens with zero attached hydrogens (tertiary/aromatic N) is 1. The maximum absolute atomic E-state index is 13.2. The van der Waals surface area contributed by atoms with Gasteiger partial charge in [-0.25, -0.2) is 4.39 Å². The Hall–Kier alpha value is -1.45. The number of pyridine rings is 1. The van der Waals surface area contributed by atoms with Gasteiger partial charge in [-0.2, -0.15) is 0 Å². The number of halogens is 2. The highest BCUT2D eigenvalue weighted by molar-refractivity contribution is 6.30. The molecule has 4 heteroatoms. The quantitative estimate of drug-likeness (QED) is 0.898. The van der Waals surface area contributed by atoms with E-state index >= 15 is 0 Å². The topological polar surface area (TPSA) is 24.9 Å². The van der Waals surface area contributed by atoms with Crippen LogP contribution >= 0.6 is 11.6 Å². The van der Waals surface area contributed by atoms with Crippen molar-refractivity contribution < 1.29 is 4.39 Å². The van der Waals surface area contributed by atoms with Gasteiger partial charge >= 0.3 is 0 Å². The zero-order valence-corrected chi connectivity index (χ0v) is 12.4. The van der Waals surface area contributed by atoms with Crippen molar-refractivity contribution in [2.24, 2.45) is 0 Å². The number of rotatable bonds is 5. The Labute approximate surface area is 124 Å². The lowest BCUT2D eigenvalue weighted by Gasteiger charge is -2.20. The van der Waals surface area contributed by atoms with Crippen molar-refractivity contribution in [1.82, 2.24) is 10.3 Å². The van der Waals surface area contributed by atoms with Gasteiger partial charge in [0.1, 0.15) is 5.82 Å². The van der Waals surface area contributed by atoms with E-state index in [4.69, 9.17) is 11.6 Å². The van der Waals surface area contributed by atoms with Gasteiger partial charge in [-0.15, -0.1) is 0 Å². The third kappa shape index (κ3) is 3.56. The van der Waals surface area contributed by atoms with Crippen molar-refractivity contribution in [3.63, 3.8) is 0 Å². The van der Waals surface area contributed by atoms with Crippen LogP contribution in [0.5, 0.6) is 0 Å². The second-order valence-corrected chi connectivity index (χ2v) is 5.20. The molecule has 2 rings (SSSR count). The average molecular weight is 293 g/mol. The summed E-state index contributed by atoms with van der Waals surface area (Å²) in [6.45, 7) is 4.99. The van der Waals surface area contributed by atoms with Crippen molar-refractivity contribution in [2.75, 3.05) is 6.54 Å². The van der Waals surface area contributed by atoms with E-state index in [1.54, 1.807) is 18.3 Å². The fraction of sp³-hybridized carbons (Fsp3) is 0.312. The summed E-state index contributed by atoms with van der Waals surface area (Å²) in [5, 5.41) is 3.61. The molecular weight excluding hydrogens is 275 g/mol. The molecule has 2 aromatic rings. The first-order valence-electron chi connectivity index (χ1n) is 6.69. The predicted molar refractivity (Wildman–Crippen MR) is 80.5 cm³/mol. The monoisotopic (exact) mass is 292 g/mol. The molecule has 106 valence electrons. The van der Waals surface area contributed by atoms with E-state index in [0.717, 1.165) is 24.1 Å². The molecule has 0 saturated carbocycles. The third-order valence-electron chi connectivity index (χ3n) is 3.33. The molecule has 0 radical (unpaired) electrons. The molecular formula is C16H18ClFN2. The van der Waals surface area contributed by atoms with Gasteiger partial charge in [-0.3, -0.25) is 4.98 Å². The van der Waals surface area contributed by atoms with Crippen molar-refractivity contribution in [2.45, 2.75) is 26.3 Å². The second-order valence-electron chi connectivity index (χ2n) is 4.80. The fourth-order valence-corrected chi connectivity index (χ4v) is 2.48. The smallest absolute Gasteiger partial charge is 0.141 e. The Morgan fingerprint density at radius 3 is 2.80 bits per heavy atom. The molecule has 0 amide bonds. The predicted octanol–water partition coefficient (Wildman–Crippen LogP) is 4.08. The van der Waals surface area contributed by atoms with E-state index in [1.807, 2.05) is 12.3 Å². The van der Waals surface area contributed by atoms with Gasteiger partial charge in [-0.1, -0.05) is 24.6 Å². The van der Waals surface area contributed by atoms with Gasteiger partial charge in [0.05, 0.1) is 5.02 Å². The Balaban J connectivity index is 2.25. The molecule has 1 heterocycles. The first-order valence-corrected chi connectivity index (χ1v) is 7.07. The number of likely N-dealkylation sites (N-methyl/N-ethyl adjacent to an activating group) is 1. The van der Waals surface area contributed by atoms with Crippen molar-refractivity contribution >= 4 is 11.6 Å². The van der Waals surface area contributed by atoms with Gasteiger partial charge in [0.2, 0.25) is 0 Å². The number of nitrogens with one attached hydrogen (secondary N) is 1. The van der Waals surface area contributed by atoms with Crippen LogP contribution in [0.4, 0.5) is 4.39 Å². The van der Waals surface area contributed by atoms with E-state index in [1.165, 1.54) is 11.6 Å². The normalized spacial score (nSPS) is 12.4. The second kappa shape index (κ2) is 6.82. The van der Waals surface area contributed by atoms with Crippen LogP contribution in [0, 0.1) is 12.7 Å². The number of aryl methyl sites for hydroxylation is 1. The number of hydrogen-bond acceptors (Lipinski definition) is 2. The SMILES string of the molecule is CCNC(Cc1ccc(F)c(Cl)c1)c1cnccc1C. The highest BCUT2D eigenvalue weighted by atomic mass is 35.5. The van der Waals surface area contributed by atoms with Crippen LogP contribution in [-0.4, -0.2) is 11.5 Å². The minimum absolute atomic E-state index is 0.148. The fourth-order valence-electron chi connectivity index (χ4n) is 2.28. The number of benzene rings is 1. The molecule has 0 saturated heterocycles. The molecule has 0 fully saturated rings. The summed E-state index contributed by atoms with van der Waals surface area (Å²) < 4.78 is 13.2. The standard InChI is InChI=1S/C16H18ClFN2/c1-3-20-16(13-10-19-7-6-11(13)2)9-12-4-5-15(18)14(17)8-12/h4-8,10,16,20H,3,9H2,1-2H3. The Morgan fingerprint density at radius 1 is 1.35 bits per heavy atom. The minimum Gasteiger partial charge on any atom is -0.310 e. The van der Waals surface area contributed by atoms with Crippen LogP contribution in [-0.2, 0) is 6.42 Å². The highest BCUT2D eigenvalue weighted by Gasteiger charge is 2.14. The lowest BCUT2D eigenvalue weighted by atomic mass is 9.97. The summed E-state index contributed by atoms with van der Waals surface area (Å²) in [7, 11) is 0. The van der Waals surface area contributed by atoms with Crippen molar-refractivity contribution in [3.05, 3.63) is 64.2 Å². The van der Waals surface area contributed by atoms with Gasteiger partial charge in [0.15, 0.2) is 0 Å². The van der Waals surface area contributed by atoms with E-state index in [2.05, 4.69) is 24.1 Å². The molecule has 0 spiro atoms. The van der Waals surface area contributed by atoms with Gasteiger partial charge < -0.3 is 5.32 Å². The van der Waals surface area contributed by atoms with Crippen molar-refractivity contribution in [1.29, 1.82) is 0 Å². The van der Waals surface area contributed by atoms with E-state index in [9.17, 15) is 4.39 Å². The summed E-state index contributed by atoms with van der Waals surface area (Å²) in [5.41, 5.74) is 3.36. The van der Waals surface area contributed by atoms with Crippen LogP contribution in [0.15, 0.2) is 36.7 Å². The summed E-state index contributed by atoms with van der Waals surface area (Å²) in [6.07, 6.45) is 4.42. The summed E-state index contributed by atoms with van der Waals surface area (Å²) in [5.74, 6) is -0.382. The lowest BCUT2D eigenvalue weighted by Crippen LogP contribution is -2.24. The Kier molecular flexibility index (Phi) is 5.10. The van der Waals surface area contributed by atoms with Gasteiger partial charge in [0.25, 0.3) is 0 Å². The number of hydrogen-bond donors (Lipinski definition) is 1. The Bertz CT molecular complexity index is 586. The molecule has 1 aromatic heterocycles. The molecule has 0 bridgehead atoms. The molecule has 0 aliphatic rings. The molecule has 20 heavy (non-hydrogen) atoms. The summed E-state index contributed by atoms with van der Waals surface area (Å²) in [4.78, 5) is 4.20. The molecule has 1 unspecified atom stereocenters. The lowest BCUT2D eigenvalue weighted by molar-refractivity contribution is 0.544. The highest BCUT2D eigenvalue weighted by Crippen LogP contribution is 2.23. The van der Waals surface area contributed by atoms with E-state index in [-0.39, 0.29) is 16.9 Å². The number of aromatic nitrogens is 1. The molecule has 0 aliphatic carbocycles. The van der Waals surface area contributed by atoms with Crippen LogP contribution in [0.2, 0.25) is 5.02 Å². The van der Waals surface area contributed by atoms with Crippen LogP contribution < -0.4 is 5.32 Å². The van der Waals surface area contributed by atoms with Crippen molar-refractivity contribution in [3.8, 4) is 0 Å². The van der Waals surface area contributed by atoms with Gasteiger partial charge in [-0.05, 0) is 54.8 Å². The molecule has 1 aromatic carbocycles. The molecule has 2 nitrogen and oxygen atoms in total. The average Bonchev–Trinajstić information content (AvgIpc) is 2.43. The van der Waals surface area contributed by atoms with Gasteiger partial charge in [0, 0.05) is 18.4 Å². The minimum atomic E-state index is -0.382. The van der Waals surface area contributed by atoms with Crippen LogP contribution in [0.25, 0.3) is 0 Å².